The Kier molecular flexibility index (Phi) is 6.66. The van der Waals surface area contributed by atoms with Gasteiger partial charge in [-0.15, -0.1) is 12.4 Å². The molecule has 5 nitrogen and oxygen atoms in total. The van der Waals surface area contributed by atoms with E-state index in [9.17, 15) is 9.59 Å². The molecule has 0 radical (unpaired) electrons. The molecular formula is C20H27Cl2N3O2. The number of fused-ring (bicyclic) bond motifs is 2. The number of rotatable bonds is 3. The average molecular weight is 412 g/mol. The molecule has 148 valence electrons. The quantitative estimate of drug-likeness (QED) is 0.831. The molecule has 2 atom stereocenters. The Morgan fingerprint density at radius 3 is 2.11 bits per heavy atom. The summed E-state index contributed by atoms with van der Waals surface area (Å²) < 4.78 is 0. The zero-order valence-corrected chi connectivity index (χ0v) is 17.0. The number of halogens is 2. The molecule has 0 aliphatic carbocycles. The van der Waals surface area contributed by atoms with E-state index in [2.05, 4.69) is 5.32 Å². The van der Waals surface area contributed by atoms with Gasteiger partial charge in [-0.1, -0.05) is 11.6 Å². The van der Waals surface area contributed by atoms with E-state index in [1.165, 1.54) is 12.8 Å². The normalized spacial score (nSPS) is 27.2. The summed E-state index contributed by atoms with van der Waals surface area (Å²) >= 11 is 5.88. The number of amides is 2. The Morgan fingerprint density at radius 1 is 0.963 bits per heavy atom. The van der Waals surface area contributed by atoms with Crippen LogP contribution in [0.1, 0.15) is 42.5 Å². The third-order valence-corrected chi connectivity index (χ3v) is 6.30. The Morgan fingerprint density at radius 2 is 1.52 bits per heavy atom. The number of nitrogens with one attached hydrogen (secondary N) is 1. The molecule has 4 rings (SSSR count). The summed E-state index contributed by atoms with van der Waals surface area (Å²) in [5, 5.41) is 4.26. The highest BCUT2D eigenvalue weighted by Gasteiger charge is 2.35. The minimum atomic E-state index is 0. The molecule has 3 fully saturated rings. The molecule has 1 aromatic carbocycles. The van der Waals surface area contributed by atoms with E-state index in [0.29, 0.717) is 61.2 Å². The molecule has 0 saturated carbocycles. The van der Waals surface area contributed by atoms with E-state index in [1.54, 1.807) is 24.3 Å². The molecule has 0 aromatic heterocycles. The van der Waals surface area contributed by atoms with Crippen LogP contribution in [-0.2, 0) is 4.79 Å². The maximum atomic E-state index is 12.7. The topological polar surface area (TPSA) is 52.7 Å². The molecule has 7 heteroatoms. The first kappa shape index (κ1) is 20.4. The first-order valence-electron chi connectivity index (χ1n) is 9.67. The largest absolute Gasteiger partial charge is 0.339 e. The number of carbonyl (C=O) groups excluding carboxylic acids is 2. The summed E-state index contributed by atoms with van der Waals surface area (Å²) in [6.45, 7) is 2.47. The van der Waals surface area contributed by atoms with Gasteiger partial charge in [-0.25, -0.2) is 0 Å². The fourth-order valence-corrected chi connectivity index (χ4v) is 4.78. The SMILES string of the molecule is Cl.O=C(CC1CC2CCC(C1)N2)N1CCN(C(=O)c2ccc(Cl)cc2)CC1. The lowest BCUT2D eigenvalue weighted by atomic mass is 9.89. The first-order valence-corrected chi connectivity index (χ1v) is 10.0. The lowest BCUT2D eigenvalue weighted by molar-refractivity contribution is -0.134. The highest BCUT2D eigenvalue weighted by atomic mass is 35.5. The van der Waals surface area contributed by atoms with Crippen LogP contribution in [0.15, 0.2) is 24.3 Å². The minimum Gasteiger partial charge on any atom is -0.339 e. The Bertz CT molecular complexity index is 662. The molecule has 3 saturated heterocycles. The van der Waals surface area contributed by atoms with Crippen molar-refractivity contribution in [2.24, 2.45) is 5.92 Å². The summed E-state index contributed by atoms with van der Waals surface area (Å²) in [6.07, 6.45) is 5.47. The lowest BCUT2D eigenvalue weighted by Gasteiger charge is -2.36. The van der Waals surface area contributed by atoms with Gasteiger partial charge in [0.15, 0.2) is 0 Å². The number of piperidine rings is 1. The lowest BCUT2D eigenvalue weighted by Crippen LogP contribution is -2.51. The number of nitrogens with zero attached hydrogens (tertiary/aromatic N) is 2. The summed E-state index contributed by atoms with van der Waals surface area (Å²) in [5.41, 5.74) is 0.652. The summed E-state index contributed by atoms with van der Waals surface area (Å²) in [5.74, 6) is 0.800. The van der Waals surface area contributed by atoms with Gasteiger partial charge in [0.05, 0.1) is 0 Å². The van der Waals surface area contributed by atoms with Crippen LogP contribution >= 0.6 is 24.0 Å². The zero-order chi connectivity index (χ0) is 18.1. The van der Waals surface area contributed by atoms with Gasteiger partial charge in [0.1, 0.15) is 0 Å². The fourth-order valence-electron chi connectivity index (χ4n) is 4.65. The van der Waals surface area contributed by atoms with Crippen LogP contribution < -0.4 is 5.32 Å². The van der Waals surface area contributed by atoms with Crippen molar-refractivity contribution in [2.75, 3.05) is 26.2 Å². The van der Waals surface area contributed by atoms with Crippen LogP contribution in [0.3, 0.4) is 0 Å². The molecule has 3 heterocycles. The Balaban J connectivity index is 0.00000210. The van der Waals surface area contributed by atoms with Crippen LogP contribution in [0, 0.1) is 5.92 Å². The van der Waals surface area contributed by atoms with Gasteiger partial charge in [-0.3, -0.25) is 9.59 Å². The number of piperazine rings is 1. The van der Waals surface area contributed by atoms with Gasteiger partial charge >= 0.3 is 0 Å². The van der Waals surface area contributed by atoms with Gasteiger partial charge in [0.25, 0.3) is 5.91 Å². The Hall–Kier alpha value is -1.30. The average Bonchev–Trinajstić information content (AvgIpc) is 3.00. The van der Waals surface area contributed by atoms with E-state index in [1.807, 2.05) is 9.80 Å². The molecule has 0 spiro atoms. The van der Waals surface area contributed by atoms with Crippen molar-refractivity contribution < 1.29 is 9.59 Å². The van der Waals surface area contributed by atoms with E-state index in [0.717, 1.165) is 12.8 Å². The van der Waals surface area contributed by atoms with Gasteiger partial charge < -0.3 is 15.1 Å². The maximum absolute atomic E-state index is 12.7. The second-order valence-corrected chi connectivity index (χ2v) is 8.30. The molecule has 27 heavy (non-hydrogen) atoms. The minimum absolute atomic E-state index is 0. The number of hydrogen-bond acceptors (Lipinski definition) is 3. The van der Waals surface area contributed by atoms with E-state index < -0.39 is 0 Å². The molecule has 1 aromatic rings. The molecule has 2 bridgehead atoms. The van der Waals surface area contributed by atoms with Gasteiger partial charge in [-0.2, -0.15) is 0 Å². The summed E-state index contributed by atoms with van der Waals surface area (Å²) in [6, 6.07) is 8.24. The zero-order valence-electron chi connectivity index (χ0n) is 15.4. The van der Waals surface area contributed by atoms with Crippen LogP contribution in [0.4, 0.5) is 0 Å². The smallest absolute Gasteiger partial charge is 0.253 e. The molecule has 1 N–H and O–H groups in total. The molecule has 3 aliphatic heterocycles. The fraction of sp³-hybridized carbons (Fsp3) is 0.600. The third-order valence-electron chi connectivity index (χ3n) is 6.04. The number of benzene rings is 1. The monoisotopic (exact) mass is 411 g/mol. The van der Waals surface area contributed by atoms with Crippen molar-refractivity contribution in [2.45, 2.75) is 44.2 Å². The third kappa shape index (κ3) is 4.76. The van der Waals surface area contributed by atoms with Crippen molar-refractivity contribution in [1.82, 2.24) is 15.1 Å². The molecular weight excluding hydrogens is 385 g/mol. The van der Waals surface area contributed by atoms with Gasteiger partial charge in [-0.05, 0) is 55.9 Å². The Labute approximate surface area is 171 Å². The van der Waals surface area contributed by atoms with E-state index >= 15 is 0 Å². The standard InChI is InChI=1S/C20H26ClN3O2.ClH/c21-16-3-1-15(2-4-16)20(26)24-9-7-23(8-10-24)19(25)13-14-11-17-5-6-18(12-14)22-17;/h1-4,14,17-18,22H,5-13H2;1H. The van der Waals surface area contributed by atoms with Crippen LogP contribution in [0.25, 0.3) is 0 Å². The number of hydrogen-bond donors (Lipinski definition) is 1. The summed E-state index contributed by atoms with van der Waals surface area (Å²) in [7, 11) is 0. The first-order chi connectivity index (χ1) is 12.6. The van der Waals surface area contributed by atoms with Crippen molar-refractivity contribution in [3.63, 3.8) is 0 Å². The van der Waals surface area contributed by atoms with Gasteiger partial charge in [0.2, 0.25) is 5.91 Å². The maximum Gasteiger partial charge on any atom is 0.253 e. The second-order valence-electron chi connectivity index (χ2n) is 7.86. The van der Waals surface area contributed by atoms with Gasteiger partial charge in [0, 0.05) is 55.3 Å². The van der Waals surface area contributed by atoms with Crippen LogP contribution in [0.5, 0.6) is 0 Å². The predicted molar refractivity (Wildman–Crippen MR) is 108 cm³/mol. The van der Waals surface area contributed by atoms with Crippen LogP contribution in [0.2, 0.25) is 5.02 Å². The predicted octanol–water partition coefficient (Wildman–Crippen LogP) is 2.97. The van der Waals surface area contributed by atoms with E-state index in [4.69, 9.17) is 11.6 Å². The highest BCUT2D eigenvalue weighted by Crippen LogP contribution is 2.33. The van der Waals surface area contributed by atoms with Crippen molar-refractivity contribution >= 4 is 35.8 Å². The molecule has 3 aliphatic rings. The summed E-state index contributed by atoms with van der Waals surface area (Å²) in [4.78, 5) is 29.0. The van der Waals surface area contributed by atoms with Crippen molar-refractivity contribution in [3.05, 3.63) is 34.9 Å². The highest BCUT2D eigenvalue weighted by molar-refractivity contribution is 6.30. The molecule has 2 amide bonds. The van der Waals surface area contributed by atoms with E-state index in [-0.39, 0.29) is 24.2 Å². The number of carbonyl (C=O) groups is 2. The van der Waals surface area contributed by atoms with Crippen LogP contribution in [-0.4, -0.2) is 59.9 Å². The van der Waals surface area contributed by atoms with Crippen molar-refractivity contribution in [3.8, 4) is 0 Å². The molecule has 2 unspecified atom stereocenters. The second kappa shape index (κ2) is 8.80. The van der Waals surface area contributed by atoms with Crippen molar-refractivity contribution in [1.29, 1.82) is 0 Å².